The fraction of sp³-hybridized carbons (Fsp3) is 0.500. The highest BCUT2D eigenvalue weighted by Crippen LogP contribution is 2.36. The molecule has 0 fully saturated rings. The van der Waals surface area contributed by atoms with Crippen LogP contribution in [0, 0.1) is 5.92 Å². The van der Waals surface area contributed by atoms with Crippen molar-refractivity contribution in [3.8, 4) is 11.3 Å². The zero-order valence-electron chi connectivity index (χ0n) is 34.6. The van der Waals surface area contributed by atoms with Crippen LogP contribution in [0.4, 0.5) is 4.79 Å². The highest BCUT2D eigenvalue weighted by atomic mass is 35.5. The Morgan fingerprint density at radius 2 is 1.44 bits per heavy atom. The van der Waals surface area contributed by atoms with Crippen LogP contribution in [0.2, 0.25) is 10.0 Å². The number of hydrogen-bond donors (Lipinski definition) is 6. The lowest BCUT2D eigenvalue weighted by molar-refractivity contribution is -0.115. The number of benzene rings is 1. The number of fused-ring (bicyclic) bond motifs is 2. The van der Waals surface area contributed by atoms with E-state index in [1.807, 2.05) is 54.5 Å². The minimum Gasteiger partial charge on any atom is -0.366 e. The summed E-state index contributed by atoms with van der Waals surface area (Å²) in [5.74, 6) is -1.78. The SMILES string of the molecule is CC(C)(C)N.CC1CC=CC(c2nn3c(c2C(N)=O)CN(C(=O)NC(C)(C)C)CC3)=C1C(N)=O.CCC.NC(=O)c1c(-c2cccc(Cl)c2Cl)nn2c1CNCC2. The quantitative estimate of drug-likeness (QED) is 0.195. The molecule has 0 bridgehead atoms. The maximum Gasteiger partial charge on any atom is 0.318 e. The van der Waals surface area contributed by atoms with Crippen molar-refractivity contribution in [1.82, 2.24) is 35.1 Å². The largest absolute Gasteiger partial charge is 0.366 e. The molecule has 17 heteroatoms. The van der Waals surface area contributed by atoms with E-state index in [1.165, 1.54) is 6.42 Å². The van der Waals surface area contributed by atoms with Gasteiger partial charge in [0.25, 0.3) is 11.8 Å². The second-order valence-corrected chi connectivity index (χ2v) is 17.0. The van der Waals surface area contributed by atoms with Gasteiger partial charge in [0.05, 0.1) is 52.2 Å². The van der Waals surface area contributed by atoms with Crippen molar-refractivity contribution in [3.63, 3.8) is 0 Å². The number of carbonyl (C=O) groups excluding carboxylic acids is 4. The molecule has 0 saturated carbocycles. The Bertz CT molecular complexity index is 2010. The van der Waals surface area contributed by atoms with E-state index in [9.17, 15) is 19.2 Å². The van der Waals surface area contributed by atoms with Gasteiger partial charge in [-0.15, -0.1) is 0 Å². The first-order valence-electron chi connectivity index (χ1n) is 19.0. The average Bonchev–Trinajstić information content (AvgIpc) is 3.67. The number of allylic oxidation sites excluding steroid dienone is 3. The molecule has 15 nitrogen and oxygen atoms in total. The van der Waals surface area contributed by atoms with E-state index in [1.54, 1.807) is 38.5 Å². The molecule has 10 N–H and O–H groups in total. The molecule has 1 atom stereocenters. The molecule has 0 radical (unpaired) electrons. The second kappa shape index (κ2) is 19.6. The fourth-order valence-electron chi connectivity index (χ4n) is 6.17. The van der Waals surface area contributed by atoms with E-state index in [4.69, 9.17) is 46.1 Å². The Kier molecular flexibility index (Phi) is 16.1. The summed E-state index contributed by atoms with van der Waals surface area (Å²) in [5.41, 5.74) is 26.2. The van der Waals surface area contributed by atoms with Crippen molar-refractivity contribution in [3.05, 3.63) is 74.2 Å². The number of rotatable bonds is 5. The van der Waals surface area contributed by atoms with E-state index in [0.29, 0.717) is 82.0 Å². The van der Waals surface area contributed by atoms with Gasteiger partial charge in [-0.3, -0.25) is 23.7 Å². The number of carbonyl (C=O) groups is 4. The lowest BCUT2D eigenvalue weighted by Gasteiger charge is -2.31. The maximum atomic E-state index is 12.6. The Morgan fingerprint density at radius 3 is 2.00 bits per heavy atom. The van der Waals surface area contributed by atoms with Crippen LogP contribution in [0.25, 0.3) is 16.8 Å². The molecule has 3 aromatic rings. The van der Waals surface area contributed by atoms with Crippen LogP contribution in [0.3, 0.4) is 0 Å². The van der Waals surface area contributed by atoms with Gasteiger partial charge in [-0.05, 0) is 59.9 Å². The van der Waals surface area contributed by atoms with E-state index in [2.05, 4.69) is 34.7 Å². The maximum absolute atomic E-state index is 12.6. The monoisotopic (exact) mass is 827 g/mol. The number of nitrogens with two attached hydrogens (primary N) is 4. The summed E-state index contributed by atoms with van der Waals surface area (Å²) >= 11 is 12.2. The molecular weight excluding hydrogens is 769 g/mol. The molecule has 1 aromatic carbocycles. The number of urea groups is 1. The minimum atomic E-state index is -0.651. The molecule has 1 aliphatic carbocycles. The Labute approximate surface area is 345 Å². The van der Waals surface area contributed by atoms with Crippen molar-refractivity contribution < 1.29 is 19.2 Å². The Hall–Kier alpha value is -4.70. The van der Waals surface area contributed by atoms with Crippen LogP contribution in [-0.4, -0.2) is 72.4 Å². The van der Waals surface area contributed by atoms with Gasteiger partial charge in [-0.1, -0.05) is 74.7 Å². The molecule has 1 unspecified atom stereocenters. The van der Waals surface area contributed by atoms with Gasteiger partial charge < -0.3 is 38.5 Å². The first kappa shape index (κ1) is 46.7. The van der Waals surface area contributed by atoms with Crippen molar-refractivity contribution >= 4 is 52.5 Å². The average molecular weight is 829 g/mol. The molecule has 3 aliphatic rings. The number of nitrogens with zero attached hydrogens (tertiary/aromatic N) is 5. The van der Waals surface area contributed by atoms with E-state index < -0.39 is 17.7 Å². The number of nitrogens with one attached hydrogen (secondary N) is 2. The lowest BCUT2D eigenvalue weighted by atomic mass is 9.85. The zero-order chi connectivity index (χ0) is 43.0. The van der Waals surface area contributed by atoms with E-state index in [-0.39, 0.29) is 35.1 Å². The molecule has 57 heavy (non-hydrogen) atoms. The van der Waals surface area contributed by atoms with E-state index in [0.717, 1.165) is 12.2 Å². The number of aromatic nitrogens is 4. The van der Waals surface area contributed by atoms with Crippen LogP contribution in [0.15, 0.2) is 35.9 Å². The van der Waals surface area contributed by atoms with Crippen molar-refractivity contribution in [2.45, 2.75) is 112 Å². The standard InChI is InChI=1S/C20H28N6O3.C13H12Cl2N4O.C4H11N.C3H8/c1-11-6-5-7-12(14(11)17(21)27)16-15(18(22)28)13-10-25(8-9-26(13)24-16)19(29)23-20(2,3)4;14-8-3-1-2-7(11(8)15)12-10(13(16)20)9-6-17-4-5-19(9)18-12;1-4(2,3)5;1-3-2/h5,7,11H,6,8-10H2,1-4H3,(H2,21,27)(H2,22,28)(H,23,29);1-3,17H,4-6H2,(H2,16,20);5H2,1-3H3;3H2,1-2H3. The minimum absolute atomic E-state index is 0. The molecule has 312 valence electrons. The second-order valence-electron chi connectivity index (χ2n) is 16.2. The Morgan fingerprint density at radius 1 is 0.877 bits per heavy atom. The molecule has 0 spiro atoms. The van der Waals surface area contributed by atoms with Gasteiger partial charge in [-0.25, -0.2) is 4.79 Å². The van der Waals surface area contributed by atoms with Gasteiger partial charge >= 0.3 is 6.03 Å². The van der Waals surface area contributed by atoms with Gasteiger partial charge in [0.2, 0.25) is 5.91 Å². The predicted molar refractivity (Wildman–Crippen MR) is 226 cm³/mol. The van der Waals surface area contributed by atoms with Crippen LogP contribution in [-0.2, 0) is 31.0 Å². The molecule has 5 amide bonds. The summed E-state index contributed by atoms with van der Waals surface area (Å²) in [5, 5.41) is 16.0. The van der Waals surface area contributed by atoms with Crippen molar-refractivity contribution in [2.24, 2.45) is 28.9 Å². The van der Waals surface area contributed by atoms with Crippen LogP contribution >= 0.6 is 23.2 Å². The topological polar surface area (TPSA) is 235 Å². The Balaban J connectivity index is 0.000000268. The summed E-state index contributed by atoms with van der Waals surface area (Å²) in [6, 6.07) is 5.02. The number of halogens is 2. The summed E-state index contributed by atoms with van der Waals surface area (Å²) in [7, 11) is 0. The summed E-state index contributed by atoms with van der Waals surface area (Å²) < 4.78 is 3.48. The summed E-state index contributed by atoms with van der Waals surface area (Å²) in [4.78, 5) is 50.4. The molecular formula is C40H59Cl2N11O4. The first-order chi connectivity index (χ1) is 26.5. The highest BCUT2D eigenvalue weighted by Gasteiger charge is 2.33. The number of primary amides is 3. The third-order valence-corrected chi connectivity index (χ3v) is 9.20. The smallest absolute Gasteiger partial charge is 0.318 e. The van der Waals surface area contributed by atoms with Gasteiger partial charge in [0, 0.05) is 47.4 Å². The molecule has 6 rings (SSSR count). The lowest BCUT2D eigenvalue weighted by Crippen LogP contribution is -2.50. The predicted octanol–water partition coefficient (Wildman–Crippen LogP) is 5.36. The fourth-order valence-corrected chi connectivity index (χ4v) is 6.56. The van der Waals surface area contributed by atoms with Gasteiger partial charge in [0.1, 0.15) is 11.4 Å². The molecule has 4 heterocycles. The summed E-state index contributed by atoms with van der Waals surface area (Å²) in [6.07, 6.45) is 5.63. The summed E-state index contributed by atoms with van der Waals surface area (Å²) in [6.45, 7) is 20.9. The van der Waals surface area contributed by atoms with Crippen LogP contribution in [0.5, 0.6) is 0 Å². The third kappa shape index (κ3) is 12.4. The van der Waals surface area contributed by atoms with E-state index >= 15 is 0 Å². The van der Waals surface area contributed by atoms with Gasteiger partial charge in [0.15, 0.2) is 0 Å². The van der Waals surface area contributed by atoms with Crippen LogP contribution in [0.1, 0.15) is 113 Å². The third-order valence-electron chi connectivity index (χ3n) is 8.38. The normalized spacial score (nSPS) is 16.1. The molecule has 2 aliphatic heterocycles. The number of hydrogen-bond acceptors (Lipinski definition) is 8. The molecule has 0 saturated heterocycles. The van der Waals surface area contributed by atoms with Crippen LogP contribution < -0.4 is 33.6 Å². The van der Waals surface area contributed by atoms with Crippen molar-refractivity contribution in [2.75, 3.05) is 13.1 Å². The highest BCUT2D eigenvalue weighted by molar-refractivity contribution is 6.43. The van der Waals surface area contributed by atoms with Gasteiger partial charge in [-0.2, -0.15) is 10.2 Å². The van der Waals surface area contributed by atoms with Crippen molar-refractivity contribution in [1.29, 1.82) is 0 Å². The number of amides is 5. The first-order valence-corrected chi connectivity index (χ1v) is 19.8. The zero-order valence-corrected chi connectivity index (χ0v) is 36.1. The molecule has 2 aromatic heterocycles.